The summed E-state index contributed by atoms with van der Waals surface area (Å²) in [6.07, 6.45) is 8.48. The third-order valence-electron chi connectivity index (χ3n) is 6.98. The van der Waals surface area contributed by atoms with E-state index in [1.54, 1.807) is 16.9 Å². The van der Waals surface area contributed by atoms with E-state index in [1.165, 1.54) is 36.6 Å². The van der Waals surface area contributed by atoms with Crippen molar-refractivity contribution in [2.24, 2.45) is 0 Å². The number of hydrogen-bond donors (Lipinski definition) is 1. The molecule has 0 saturated carbocycles. The van der Waals surface area contributed by atoms with Crippen LogP contribution in [0.5, 0.6) is 0 Å². The Balaban J connectivity index is 1.43. The highest BCUT2D eigenvalue weighted by atomic mass is 16.2. The van der Waals surface area contributed by atoms with Gasteiger partial charge in [0.15, 0.2) is 5.82 Å². The van der Waals surface area contributed by atoms with Crippen molar-refractivity contribution in [3.05, 3.63) is 63.7 Å². The maximum atomic E-state index is 13.6. The lowest BCUT2D eigenvalue weighted by Crippen LogP contribution is -2.39. The number of carbonyl (C=O) groups is 1. The number of hydrogen-bond acceptors (Lipinski definition) is 5. The molecule has 0 spiro atoms. The van der Waals surface area contributed by atoms with Crippen molar-refractivity contribution >= 4 is 17.3 Å². The van der Waals surface area contributed by atoms with E-state index >= 15 is 0 Å². The first-order valence-electron chi connectivity index (χ1n) is 11.9. The van der Waals surface area contributed by atoms with Crippen LogP contribution >= 0.6 is 0 Å². The summed E-state index contributed by atoms with van der Waals surface area (Å²) in [6, 6.07) is 10.2. The van der Waals surface area contributed by atoms with Crippen LogP contribution in [0.4, 0.5) is 11.4 Å². The van der Waals surface area contributed by atoms with Gasteiger partial charge in [-0.3, -0.25) is 9.59 Å². The van der Waals surface area contributed by atoms with Crippen LogP contribution in [0.1, 0.15) is 60.6 Å². The number of H-pyrrole nitrogens is 1. The molecule has 1 amide bonds. The summed E-state index contributed by atoms with van der Waals surface area (Å²) in [4.78, 5) is 29.3. The number of carbonyl (C=O) groups excluding carboxylic acids is 1. The fourth-order valence-electron chi connectivity index (χ4n) is 5.19. The lowest BCUT2D eigenvalue weighted by Gasteiger charge is -2.38. The smallest absolute Gasteiger partial charge is 0.264 e. The van der Waals surface area contributed by atoms with E-state index in [1.807, 2.05) is 11.8 Å². The molecule has 0 unspecified atom stereocenters. The van der Waals surface area contributed by atoms with E-state index in [9.17, 15) is 9.59 Å². The molecule has 5 rings (SSSR count). The summed E-state index contributed by atoms with van der Waals surface area (Å²) < 4.78 is 1.58. The van der Waals surface area contributed by atoms with Crippen LogP contribution in [0.3, 0.4) is 0 Å². The number of benzene rings is 1. The first-order chi connectivity index (χ1) is 16.1. The van der Waals surface area contributed by atoms with Crippen LogP contribution in [0, 0.1) is 6.92 Å². The normalized spacial score (nSPS) is 18.3. The van der Waals surface area contributed by atoms with Gasteiger partial charge in [0.2, 0.25) is 0 Å². The van der Waals surface area contributed by atoms with Crippen LogP contribution in [0.25, 0.3) is 5.82 Å². The zero-order valence-corrected chi connectivity index (χ0v) is 19.3. The molecule has 1 saturated heterocycles. The molecule has 1 aromatic carbocycles. The average Bonchev–Trinajstić information content (AvgIpc) is 3.24. The molecule has 172 valence electrons. The predicted octanol–water partition coefficient (Wildman–Crippen LogP) is 3.63. The van der Waals surface area contributed by atoms with Crippen molar-refractivity contribution in [1.82, 2.24) is 20.0 Å². The monoisotopic (exact) mass is 446 g/mol. The Labute approximate surface area is 193 Å². The topological polar surface area (TPSA) is 87.1 Å². The number of nitrogens with one attached hydrogen (secondary N) is 1. The number of anilines is 2. The first kappa shape index (κ1) is 21.4. The fraction of sp³-hybridized carbons (Fsp3) is 0.440. The Morgan fingerprint density at radius 2 is 2.03 bits per heavy atom. The van der Waals surface area contributed by atoms with Gasteiger partial charge in [-0.1, -0.05) is 6.92 Å². The van der Waals surface area contributed by atoms with Crippen molar-refractivity contribution in [3.8, 4) is 5.82 Å². The molecule has 0 aliphatic carbocycles. The zero-order chi connectivity index (χ0) is 22.9. The van der Waals surface area contributed by atoms with Gasteiger partial charge in [-0.2, -0.15) is 10.2 Å². The van der Waals surface area contributed by atoms with Gasteiger partial charge in [-0.05, 0) is 75.3 Å². The lowest BCUT2D eigenvalue weighted by atomic mass is 9.96. The zero-order valence-electron chi connectivity index (χ0n) is 19.3. The molecular weight excluding hydrogens is 416 g/mol. The predicted molar refractivity (Wildman–Crippen MR) is 128 cm³/mol. The highest BCUT2D eigenvalue weighted by molar-refractivity contribution is 6.07. The number of nitrogens with zero attached hydrogens (tertiary/aromatic N) is 5. The number of aromatic amines is 1. The van der Waals surface area contributed by atoms with Gasteiger partial charge in [-0.15, -0.1) is 0 Å². The molecule has 1 fully saturated rings. The largest absolute Gasteiger partial charge is 0.369 e. The maximum Gasteiger partial charge on any atom is 0.264 e. The molecule has 2 aromatic heterocycles. The molecule has 4 heterocycles. The molecule has 0 bridgehead atoms. The molecular formula is C25H30N6O2. The van der Waals surface area contributed by atoms with Gasteiger partial charge in [0, 0.05) is 36.6 Å². The summed E-state index contributed by atoms with van der Waals surface area (Å²) in [5, 5.41) is 10.8. The Morgan fingerprint density at radius 3 is 2.82 bits per heavy atom. The van der Waals surface area contributed by atoms with Gasteiger partial charge in [0.05, 0.1) is 17.5 Å². The number of aromatic nitrogens is 4. The average molecular weight is 447 g/mol. The molecule has 3 aromatic rings. The molecule has 2 aliphatic rings. The van der Waals surface area contributed by atoms with E-state index in [4.69, 9.17) is 0 Å². The molecule has 0 radical (unpaired) electrons. The van der Waals surface area contributed by atoms with E-state index in [2.05, 4.69) is 45.3 Å². The molecule has 1 N–H and O–H groups in total. The summed E-state index contributed by atoms with van der Waals surface area (Å²) in [7, 11) is 0. The van der Waals surface area contributed by atoms with Crippen LogP contribution in [-0.2, 0) is 6.42 Å². The Hall–Kier alpha value is -3.42. The second-order valence-corrected chi connectivity index (χ2v) is 8.96. The summed E-state index contributed by atoms with van der Waals surface area (Å²) in [5.74, 6) is 0.420. The van der Waals surface area contributed by atoms with Crippen molar-refractivity contribution < 1.29 is 4.79 Å². The number of piperidine rings is 1. The highest BCUT2D eigenvalue weighted by Gasteiger charge is 2.28. The van der Waals surface area contributed by atoms with Gasteiger partial charge < -0.3 is 9.80 Å². The minimum absolute atomic E-state index is 0.0544. The quantitative estimate of drug-likeness (QED) is 0.661. The second-order valence-electron chi connectivity index (χ2n) is 8.96. The molecule has 1 atom stereocenters. The molecule has 33 heavy (non-hydrogen) atoms. The third kappa shape index (κ3) is 3.94. The van der Waals surface area contributed by atoms with Crippen molar-refractivity contribution in [2.45, 2.75) is 58.4 Å². The van der Waals surface area contributed by atoms with Crippen molar-refractivity contribution in [3.63, 3.8) is 0 Å². The Kier molecular flexibility index (Phi) is 5.74. The maximum absolute atomic E-state index is 13.6. The van der Waals surface area contributed by atoms with Gasteiger partial charge in [0.25, 0.3) is 11.5 Å². The second kappa shape index (κ2) is 8.84. The number of rotatable bonds is 4. The van der Waals surface area contributed by atoms with Crippen molar-refractivity contribution in [1.29, 1.82) is 0 Å². The van der Waals surface area contributed by atoms with E-state index in [0.29, 0.717) is 29.7 Å². The van der Waals surface area contributed by atoms with E-state index < -0.39 is 0 Å². The first-order valence-corrected chi connectivity index (χ1v) is 11.9. The molecule has 8 heteroatoms. The Morgan fingerprint density at radius 1 is 1.15 bits per heavy atom. The summed E-state index contributed by atoms with van der Waals surface area (Å²) in [6.45, 7) is 5.92. The minimum Gasteiger partial charge on any atom is -0.369 e. The third-order valence-corrected chi connectivity index (χ3v) is 6.98. The highest BCUT2D eigenvalue weighted by Crippen LogP contribution is 2.35. The lowest BCUT2D eigenvalue weighted by molar-refractivity contribution is 0.0984. The minimum atomic E-state index is -0.279. The number of fused-ring (bicyclic) bond motifs is 1. The summed E-state index contributed by atoms with van der Waals surface area (Å²) >= 11 is 0. The molecule has 2 aliphatic heterocycles. The van der Waals surface area contributed by atoms with Crippen LogP contribution in [-0.4, -0.2) is 45.0 Å². The van der Waals surface area contributed by atoms with Crippen molar-refractivity contribution in [2.75, 3.05) is 22.9 Å². The molecule has 8 nitrogen and oxygen atoms in total. The SMILES string of the molecule is CC[C@H]1CCCCN1c1ccc2c(c1)CCCN2C(=O)c1cnn(-c2ccc(=O)[nH]n2)c1C. The summed E-state index contributed by atoms with van der Waals surface area (Å²) in [5.41, 5.74) is 4.47. The van der Waals surface area contributed by atoms with Crippen LogP contribution < -0.4 is 15.4 Å². The van der Waals surface area contributed by atoms with Crippen LogP contribution in [0.2, 0.25) is 0 Å². The number of aryl methyl sites for hydroxylation is 1. The van der Waals surface area contributed by atoms with Crippen LogP contribution in [0.15, 0.2) is 41.3 Å². The fourth-order valence-corrected chi connectivity index (χ4v) is 5.19. The van der Waals surface area contributed by atoms with Gasteiger partial charge in [0.1, 0.15) is 0 Å². The van der Waals surface area contributed by atoms with E-state index in [0.717, 1.165) is 31.5 Å². The van der Waals surface area contributed by atoms with E-state index in [-0.39, 0.29) is 11.5 Å². The standard InChI is InChI=1S/C25H30N6O2/c1-3-19-8-4-5-13-29(19)20-9-10-22-18(15-20)7-6-14-30(22)25(33)21-16-26-31(17(21)2)23-11-12-24(32)28-27-23/h9-12,15-16,19H,3-8,13-14H2,1-2H3,(H,28,32)/t19-/m0/s1. The number of amides is 1. The Bertz CT molecular complexity index is 1210. The van der Waals surface area contributed by atoms with Gasteiger partial charge >= 0.3 is 0 Å². The van der Waals surface area contributed by atoms with Gasteiger partial charge in [-0.25, -0.2) is 9.78 Å².